The zero-order valence-electron chi connectivity index (χ0n) is 8.40. The van der Waals surface area contributed by atoms with Gasteiger partial charge < -0.3 is 5.11 Å². The van der Waals surface area contributed by atoms with Crippen LogP contribution in [0.25, 0.3) is 0 Å². The highest BCUT2D eigenvalue weighted by atomic mass is 79.9. The molecule has 0 aliphatic heterocycles. The molecule has 14 heavy (non-hydrogen) atoms. The van der Waals surface area contributed by atoms with Gasteiger partial charge in [-0.15, -0.1) is 0 Å². The molecule has 1 rings (SSSR count). The molecular weight excluding hydrogens is 260 g/mol. The van der Waals surface area contributed by atoms with Crippen LogP contribution in [0.3, 0.4) is 0 Å². The maximum Gasteiger partial charge on any atom is 0.0628 e. The van der Waals surface area contributed by atoms with E-state index in [0.29, 0.717) is 0 Å². The Balaban J connectivity index is 2.45. The molecular formula is C11H15BrOS. The number of aliphatic hydroxyl groups is 1. The Hall–Kier alpha value is 0.01000. The van der Waals surface area contributed by atoms with Crippen LogP contribution in [0.5, 0.6) is 0 Å². The van der Waals surface area contributed by atoms with Crippen molar-refractivity contribution in [2.75, 3.05) is 0 Å². The van der Waals surface area contributed by atoms with E-state index in [9.17, 15) is 5.11 Å². The molecule has 0 aliphatic carbocycles. The summed E-state index contributed by atoms with van der Waals surface area (Å²) < 4.78 is 1.11. The molecule has 1 aromatic carbocycles. The van der Waals surface area contributed by atoms with Crippen molar-refractivity contribution in [2.24, 2.45) is 0 Å². The van der Waals surface area contributed by atoms with E-state index in [1.807, 2.05) is 26.0 Å². The van der Waals surface area contributed by atoms with E-state index in [1.165, 1.54) is 5.56 Å². The summed E-state index contributed by atoms with van der Waals surface area (Å²) >= 11 is 5.21. The fourth-order valence-corrected chi connectivity index (χ4v) is 2.35. The van der Waals surface area contributed by atoms with Gasteiger partial charge >= 0.3 is 0 Å². The van der Waals surface area contributed by atoms with Gasteiger partial charge in [0.2, 0.25) is 0 Å². The van der Waals surface area contributed by atoms with Gasteiger partial charge in [-0.05, 0) is 24.6 Å². The molecule has 0 bridgehead atoms. The Morgan fingerprint density at radius 2 is 2.14 bits per heavy atom. The number of halogens is 1. The molecule has 1 nitrogen and oxygen atoms in total. The number of benzene rings is 1. The molecule has 0 aliphatic rings. The molecule has 78 valence electrons. The fraction of sp³-hybridized carbons (Fsp3) is 0.455. The lowest BCUT2D eigenvalue weighted by atomic mass is 10.2. The second-order valence-electron chi connectivity index (χ2n) is 3.39. The van der Waals surface area contributed by atoms with Crippen LogP contribution in [0.15, 0.2) is 28.7 Å². The molecule has 1 aromatic rings. The number of thioether (sulfide) groups is 1. The smallest absolute Gasteiger partial charge is 0.0628 e. The lowest BCUT2D eigenvalue weighted by Gasteiger charge is -2.13. The van der Waals surface area contributed by atoms with Gasteiger partial charge in [0.15, 0.2) is 0 Å². The zero-order chi connectivity index (χ0) is 10.6. The second kappa shape index (κ2) is 5.79. The maximum atomic E-state index is 9.32. The fourth-order valence-electron chi connectivity index (χ4n) is 0.994. The standard InChI is InChI=1S/C11H15BrOS/c1-8(13)9(2)14-7-10-4-3-5-11(12)6-10/h3-6,8-9,13H,7H2,1-2H3. The van der Waals surface area contributed by atoms with Crippen molar-refractivity contribution >= 4 is 27.7 Å². The summed E-state index contributed by atoms with van der Waals surface area (Å²) in [6.45, 7) is 3.88. The molecule has 2 atom stereocenters. The van der Waals surface area contributed by atoms with Crippen LogP contribution in [0, 0.1) is 0 Å². The third kappa shape index (κ3) is 4.03. The van der Waals surface area contributed by atoms with Gasteiger partial charge in [-0.25, -0.2) is 0 Å². The van der Waals surface area contributed by atoms with Crippen molar-refractivity contribution in [3.8, 4) is 0 Å². The molecule has 3 heteroatoms. The normalized spacial score (nSPS) is 15.1. The third-order valence-electron chi connectivity index (χ3n) is 2.08. The molecule has 0 spiro atoms. The van der Waals surface area contributed by atoms with Crippen LogP contribution in [-0.2, 0) is 5.75 Å². The zero-order valence-corrected chi connectivity index (χ0v) is 10.8. The molecule has 0 radical (unpaired) electrons. The van der Waals surface area contributed by atoms with Crippen molar-refractivity contribution < 1.29 is 5.11 Å². The average Bonchev–Trinajstić information content (AvgIpc) is 2.14. The van der Waals surface area contributed by atoms with Crippen molar-refractivity contribution in [1.82, 2.24) is 0 Å². The molecule has 0 aromatic heterocycles. The van der Waals surface area contributed by atoms with Crippen LogP contribution >= 0.6 is 27.7 Å². The molecule has 1 N–H and O–H groups in total. The SMILES string of the molecule is CC(O)C(C)SCc1cccc(Br)c1. The molecule has 2 unspecified atom stereocenters. The highest BCUT2D eigenvalue weighted by molar-refractivity contribution is 9.10. The Bertz CT molecular complexity index is 288. The summed E-state index contributed by atoms with van der Waals surface area (Å²) in [6, 6.07) is 8.27. The Labute approximate surface area is 98.0 Å². The van der Waals surface area contributed by atoms with E-state index < -0.39 is 0 Å². The molecule has 0 heterocycles. The van der Waals surface area contributed by atoms with Crippen LogP contribution < -0.4 is 0 Å². The van der Waals surface area contributed by atoms with Crippen molar-refractivity contribution in [3.63, 3.8) is 0 Å². The van der Waals surface area contributed by atoms with Gasteiger partial charge in [-0.2, -0.15) is 11.8 Å². The summed E-state index contributed by atoms with van der Waals surface area (Å²) in [5.74, 6) is 0.950. The first-order valence-electron chi connectivity index (χ1n) is 4.63. The van der Waals surface area contributed by atoms with Crippen LogP contribution in [0.2, 0.25) is 0 Å². The predicted molar refractivity (Wildman–Crippen MR) is 66.6 cm³/mol. The van der Waals surface area contributed by atoms with E-state index in [1.54, 1.807) is 11.8 Å². The number of rotatable bonds is 4. The number of hydrogen-bond acceptors (Lipinski definition) is 2. The van der Waals surface area contributed by atoms with Gasteiger partial charge in [-0.3, -0.25) is 0 Å². The van der Waals surface area contributed by atoms with Gasteiger partial charge in [0.05, 0.1) is 6.10 Å². The van der Waals surface area contributed by atoms with E-state index in [2.05, 4.69) is 28.1 Å². The van der Waals surface area contributed by atoms with Crippen molar-refractivity contribution in [2.45, 2.75) is 31.0 Å². The van der Waals surface area contributed by atoms with Crippen molar-refractivity contribution in [3.05, 3.63) is 34.3 Å². The molecule has 0 amide bonds. The van der Waals surface area contributed by atoms with Gasteiger partial charge in [0.25, 0.3) is 0 Å². The minimum Gasteiger partial charge on any atom is -0.392 e. The predicted octanol–water partition coefficient (Wildman–Crippen LogP) is 3.45. The second-order valence-corrected chi connectivity index (χ2v) is 5.67. The first kappa shape index (κ1) is 12.1. The third-order valence-corrected chi connectivity index (χ3v) is 3.99. The van der Waals surface area contributed by atoms with Crippen LogP contribution in [-0.4, -0.2) is 16.5 Å². The Kier molecular flexibility index (Phi) is 4.99. The molecule has 0 saturated carbocycles. The van der Waals surface area contributed by atoms with Crippen LogP contribution in [0.1, 0.15) is 19.4 Å². The maximum absolute atomic E-state index is 9.32. The van der Waals surface area contributed by atoms with Crippen LogP contribution in [0.4, 0.5) is 0 Å². The summed E-state index contributed by atoms with van der Waals surface area (Å²) in [7, 11) is 0. The van der Waals surface area contributed by atoms with Gasteiger partial charge in [0, 0.05) is 15.5 Å². The first-order chi connectivity index (χ1) is 6.59. The largest absolute Gasteiger partial charge is 0.392 e. The molecule has 0 saturated heterocycles. The Morgan fingerprint density at radius 1 is 1.43 bits per heavy atom. The lowest BCUT2D eigenvalue weighted by Crippen LogP contribution is -2.15. The van der Waals surface area contributed by atoms with Crippen molar-refractivity contribution in [1.29, 1.82) is 0 Å². The highest BCUT2D eigenvalue weighted by Crippen LogP contribution is 2.21. The Morgan fingerprint density at radius 3 is 2.71 bits per heavy atom. The summed E-state index contributed by atoms with van der Waals surface area (Å²) in [5, 5.41) is 9.61. The topological polar surface area (TPSA) is 20.2 Å². The first-order valence-corrected chi connectivity index (χ1v) is 6.48. The summed E-state index contributed by atoms with van der Waals surface area (Å²) in [4.78, 5) is 0. The van der Waals surface area contributed by atoms with E-state index in [0.717, 1.165) is 10.2 Å². The monoisotopic (exact) mass is 274 g/mol. The van der Waals surface area contributed by atoms with E-state index >= 15 is 0 Å². The summed E-state index contributed by atoms with van der Waals surface area (Å²) in [6.07, 6.45) is -0.243. The average molecular weight is 275 g/mol. The molecule has 0 fully saturated rings. The van der Waals surface area contributed by atoms with Gasteiger partial charge in [0.1, 0.15) is 0 Å². The number of hydrogen-bond donors (Lipinski definition) is 1. The quantitative estimate of drug-likeness (QED) is 0.908. The minimum atomic E-state index is -0.243. The minimum absolute atomic E-state index is 0.243. The number of aliphatic hydroxyl groups excluding tert-OH is 1. The lowest BCUT2D eigenvalue weighted by molar-refractivity contribution is 0.196. The van der Waals surface area contributed by atoms with Gasteiger partial charge in [-0.1, -0.05) is 35.0 Å². The van der Waals surface area contributed by atoms with E-state index in [4.69, 9.17) is 0 Å². The van der Waals surface area contributed by atoms with E-state index in [-0.39, 0.29) is 11.4 Å². The summed E-state index contributed by atoms with van der Waals surface area (Å²) in [5.41, 5.74) is 1.29. The highest BCUT2D eigenvalue weighted by Gasteiger charge is 2.08.